The van der Waals surface area contributed by atoms with E-state index in [-0.39, 0.29) is 11.4 Å². The molecule has 2 N–H and O–H groups in total. The van der Waals surface area contributed by atoms with Crippen LogP contribution >= 0.6 is 0 Å². The minimum absolute atomic E-state index is 0.312. The lowest BCUT2D eigenvalue weighted by atomic mass is 10.1. The van der Waals surface area contributed by atoms with Crippen LogP contribution in [0.5, 0.6) is 5.75 Å². The number of rotatable bonds is 3. The first-order valence-electron chi connectivity index (χ1n) is 6.53. The van der Waals surface area contributed by atoms with Gasteiger partial charge >= 0.3 is 5.69 Å². The number of allylic oxidation sites excluding steroid dienone is 1. The van der Waals surface area contributed by atoms with Crippen LogP contribution in [0.4, 0.5) is 11.4 Å². The molecule has 0 heterocycles. The molecule has 0 saturated heterocycles. The van der Waals surface area contributed by atoms with Crippen molar-refractivity contribution in [3.05, 3.63) is 69.8 Å². The van der Waals surface area contributed by atoms with Crippen molar-refractivity contribution in [1.82, 2.24) is 0 Å². The number of aromatic hydroxyl groups is 1. The fourth-order valence-corrected chi connectivity index (χ4v) is 1.78. The molecule has 0 amide bonds. The van der Waals surface area contributed by atoms with Gasteiger partial charge in [0.25, 0.3) is 0 Å². The third-order valence-corrected chi connectivity index (χ3v) is 2.95. The second-order valence-corrected chi connectivity index (χ2v) is 4.44. The van der Waals surface area contributed by atoms with Crippen LogP contribution in [-0.4, -0.2) is 17.1 Å². The Hall–Kier alpha value is -3.26. The molecular weight excluding hydrogens is 280 g/mol. The lowest BCUT2D eigenvalue weighted by Gasteiger charge is -1.97. The third kappa shape index (κ3) is 3.87. The van der Waals surface area contributed by atoms with Crippen LogP contribution in [0.15, 0.2) is 48.5 Å². The lowest BCUT2D eigenvalue weighted by molar-refractivity contribution is -0.385. The molecule has 0 saturated carbocycles. The summed E-state index contributed by atoms with van der Waals surface area (Å²) in [6, 6.07) is 11.8. The van der Waals surface area contributed by atoms with Gasteiger partial charge in [0.1, 0.15) is 0 Å². The van der Waals surface area contributed by atoms with Crippen LogP contribution in [0.1, 0.15) is 11.1 Å². The maximum absolute atomic E-state index is 10.6. The van der Waals surface area contributed by atoms with E-state index in [1.54, 1.807) is 18.2 Å². The van der Waals surface area contributed by atoms with Gasteiger partial charge in [0.2, 0.25) is 0 Å². The highest BCUT2D eigenvalue weighted by atomic mass is 16.6. The zero-order valence-corrected chi connectivity index (χ0v) is 11.9. The molecule has 0 spiro atoms. The molecule has 0 aliphatic carbocycles. The highest BCUT2D eigenvalue weighted by molar-refractivity contribution is 5.60. The second-order valence-electron chi connectivity index (χ2n) is 4.44. The standard InChI is InChI=1S/C17H14N2O3/c1-18-15-9-6-13(7-10-15)4-2-3-5-14-8-11-16(19(21)22)17(20)12-14/h3,5-12,18,20H,1H3/b5-3+. The zero-order chi connectivity index (χ0) is 15.9. The summed E-state index contributed by atoms with van der Waals surface area (Å²) < 4.78 is 0. The van der Waals surface area contributed by atoms with Gasteiger partial charge in [-0.25, -0.2) is 0 Å². The highest BCUT2D eigenvalue weighted by Gasteiger charge is 2.11. The van der Waals surface area contributed by atoms with Gasteiger partial charge in [-0.05, 0) is 54.1 Å². The molecule has 22 heavy (non-hydrogen) atoms. The summed E-state index contributed by atoms with van der Waals surface area (Å²) in [6.07, 6.45) is 3.31. The summed E-state index contributed by atoms with van der Waals surface area (Å²) >= 11 is 0. The molecular formula is C17H14N2O3. The second kappa shape index (κ2) is 6.95. The van der Waals surface area contributed by atoms with E-state index < -0.39 is 4.92 Å². The Bertz CT molecular complexity index is 769. The first-order chi connectivity index (χ1) is 10.6. The largest absolute Gasteiger partial charge is 0.502 e. The Morgan fingerprint density at radius 1 is 1.23 bits per heavy atom. The number of hydrogen-bond acceptors (Lipinski definition) is 4. The number of nitro benzene ring substituents is 1. The number of benzene rings is 2. The Morgan fingerprint density at radius 2 is 1.95 bits per heavy atom. The molecule has 2 aromatic rings. The van der Waals surface area contributed by atoms with Crippen LogP contribution in [-0.2, 0) is 0 Å². The summed E-state index contributed by atoms with van der Waals surface area (Å²) in [6.45, 7) is 0. The molecule has 0 atom stereocenters. The zero-order valence-electron chi connectivity index (χ0n) is 11.9. The first kappa shape index (κ1) is 15.1. The maximum Gasteiger partial charge on any atom is 0.310 e. The number of phenolic OH excluding ortho intramolecular Hbond substituents is 1. The minimum atomic E-state index is -0.628. The highest BCUT2D eigenvalue weighted by Crippen LogP contribution is 2.26. The minimum Gasteiger partial charge on any atom is -0.502 e. The number of hydrogen-bond donors (Lipinski definition) is 2. The van der Waals surface area contributed by atoms with Crippen molar-refractivity contribution in [2.45, 2.75) is 0 Å². The summed E-state index contributed by atoms with van der Waals surface area (Å²) in [5, 5.41) is 23.2. The summed E-state index contributed by atoms with van der Waals surface area (Å²) in [5.41, 5.74) is 2.23. The van der Waals surface area contributed by atoms with E-state index in [9.17, 15) is 15.2 Å². The number of anilines is 1. The molecule has 0 aliphatic rings. The van der Waals surface area contributed by atoms with Crippen LogP contribution in [0.25, 0.3) is 6.08 Å². The van der Waals surface area contributed by atoms with E-state index >= 15 is 0 Å². The van der Waals surface area contributed by atoms with Gasteiger partial charge < -0.3 is 10.4 Å². The Balaban J connectivity index is 2.08. The van der Waals surface area contributed by atoms with Gasteiger partial charge in [0.05, 0.1) is 4.92 Å². The number of nitrogens with zero attached hydrogens (tertiary/aromatic N) is 1. The monoisotopic (exact) mass is 294 g/mol. The molecule has 5 heteroatoms. The molecule has 5 nitrogen and oxygen atoms in total. The predicted octanol–water partition coefficient (Wildman–Crippen LogP) is 3.41. The van der Waals surface area contributed by atoms with Crippen molar-refractivity contribution in [3.8, 4) is 17.6 Å². The lowest BCUT2D eigenvalue weighted by Crippen LogP contribution is -1.88. The van der Waals surface area contributed by atoms with Crippen LogP contribution in [0.2, 0.25) is 0 Å². The van der Waals surface area contributed by atoms with Gasteiger partial charge in [-0.1, -0.05) is 11.8 Å². The third-order valence-electron chi connectivity index (χ3n) is 2.95. The quantitative estimate of drug-likeness (QED) is 0.517. The van der Waals surface area contributed by atoms with E-state index in [0.717, 1.165) is 11.3 Å². The van der Waals surface area contributed by atoms with E-state index in [1.165, 1.54) is 12.1 Å². The summed E-state index contributed by atoms with van der Waals surface area (Å²) in [4.78, 5) is 9.97. The SMILES string of the molecule is CNc1ccc(C#C/C=C/c2ccc([N+](=O)[O-])c(O)c2)cc1. The predicted molar refractivity (Wildman–Crippen MR) is 86.7 cm³/mol. The first-order valence-corrected chi connectivity index (χ1v) is 6.53. The normalized spacial score (nSPS) is 10.0. The molecule has 2 rings (SSSR count). The Morgan fingerprint density at radius 3 is 2.55 bits per heavy atom. The van der Waals surface area contributed by atoms with Crippen molar-refractivity contribution in [3.63, 3.8) is 0 Å². The summed E-state index contributed by atoms with van der Waals surface area (Å²) in [7, 11) is 1.85. The van der Waals surface area contributed by atoms with Crippen LogP contribution in [0.3, 0.4) is 0 Å². The van der Waals surface area contributed by atoms with Gasteiger partial charge in [0, 0.05) is 24.4 Å². The molecule has 0 unspecified atom stereocenters. The molecule has 0 bridgehead atoms. The van der Waals surface area contributed by atoms with Crippen LogP contribution in [0, 0.1) is 22.0 Å². The van der Waals surface area contributed by atoms with Crippen molar-refractivity contribution >= 4 is 17.5 Å². The van der Waals surface area contributed by atoms with E-state index in [0.29, 0.717) is 5.56 Å². The van der Waals surface area contributed by atoms with Gasteiger partial charge in [0.15, 0.2) is 5.75 Å². The van der Waals surface area contributed by atoms with Crippen molar-refractivity contribution in [2.24, 2.45) is 0 Å². The van der Waals surface area contributed by atoms with Crippen LogP contribution < -0.4 is 5.32 Å². The number of phenols is 1. The van der Waals surface area contributed by atoms with Crippen molar-refractivity contribution < 1.29 is 10.0 Å². The van der Waals surface area contributed by atoms with Crippen molar-refractivity contribution in [1.29, 1.82) is 0 Å². The average molecular weight is 294 g/mol. The number of nitrogens with one attached hydrogen (secondary N) is 1. The van der Waals surface area contributed by atoms with Gasteiger partial charge in [-0.3, -0.25) is 10.1 Å². The van der Waals surface area contributed by atoms with E-state index in [4.69, 9.17) is 0 Å². The maximum atomic E-state index is 10.6. The number of nitro groups is 1. The van der Waals surface area contributed by atoms with E-state index in [1.807, 2.05) is 31.3 Å². The molecule has 0 fully saturated rings. The average Bonchev–Trinajstić information content (AvgIpc) is 2.52. The van der Waals surface area contributed by atoms with Gasteiger partial charge in [-0.2, -0.15) is 0 Å². The Labute approximate surface area is 128 Å². The smallest absolute Gasteiger partial charge is 0.310 e. The molecule has 0 aromatic heterocycles. The fourth-order valence-electron chi connectivity index (χ4n) is 1.78. The molecule has 2 aromatic carbocycles. The van der Waals surface area contributed by atoms with Crippen molar-refractivity contribution in [2.75, 3.05) is 12.4 Å². The molecule has 0 aliphatic heterocycles. The molecule has 110 valence electrons. The Kier molecular flexibility index (Phi) is 4.78. The van der Waals surface area contributed by atoms with Gasteiger partial charge in [-0.15, -0.1) is 0 Å². The molecule has 0 radical (unpaired) electrons. The topological polar surface area (TPSA) is 75.4 Å². The van der Waals surface area contributed by atoms with E-state index in [2.05, 4.69) is 17.2 Å². The fraction of sp³-hybridized carbons (Fsp3) is 0.0588. The summed E-state index contributed by atoms with van der Waals surface area (Å²) in [5.74, 6) is 5.49.